The van der Waals surface area contributed by atoms with Crippen molar-refractivity contribution in [3.05, 3.63) is 12.5 Å². The summed E-state index contributed by atoms with van der Waals surface area (Å²) in [5.74, 6) is 0.724. The van der Waals surface area contributed by atoms with Gasteiger partial charge in [0.25, 0.3) is 0 Å². The minimum atomic E-state index is 0.0847. The molecule has 0 aromatic heterocycles. The van der Waals surface area contributed by atoms with Gasteiger partial charge in [0.05, 0.1) is 5.54 Å². The Morgan fingerprint density at radius 2 is 2.23 bits per heavy atom. The summed E-state index contributed by atoms with van der Waals surface area (Å²) in [7, 11) is 0. The van der Waals surface area contributed by atoms with Gasteiger partial charge in [0.2, 0.25) is 0 Å². The number of nitrogens with zero attached hydrogens (tertiary/aromatic N) is 1. The minimum absolute atomic E-state index is 0.0847. The molecule has 13 heavy (non-hydrogen) atoms. The van der Waals surface area contributed by atoms with Crippen LogP contribution in [0.4, 0.5) is 0 Å². The molecule has 0 aliphatic carbocycles. The predicted octanol–water partition coefficient (Wildman–Crippen LogP) is 0.932. The molecule has 3 heteroatoms. The van der Waals surface area contributed by atoms with Gasteiger partial charge < -0.3 is 15.0 Å². The van der Waals surface area contributed by atoms with Crippen LogP contribution in [0.1, 0.15) is 19.8 Å². The van der Waals surface area contributed by atoms with E-state index in [9.17, 15) is 0 Å². The molecule has 0 aromatic rings. The van der Waals surface area contributed by atoms with Gasteiger partial charge in [-0.2, -0.15) is 0 Å². The maximum atomic E-state index is 5.35. The summed E-state index contributed by atoms with van der Waals surface area (Å²) < 4.78 is 5.35. The standard InChI is InChI=1S/C10H18N2O/c1-9-11-10(2,8-13-9)7-12-5-3-4-6-12/h11H,1,3-8H2,2H3. The van der Waals surface area contributed by atoms with Gasteiger partial charge in [-0.25, -0.2) is 0 Å². The Morgan fingerprint density at radius 1 is 1.54 bits per heavy atom. The fourth-order valence-electron chi connectivity index (χ4n) is 2.17. The molecule has 0 spiro atoms. The van der Waals surface area contributed by atoms with E-state index < -0.39 is 0 Å². The van der Waals surface area contributed by atoms with E-state index in [1.807, 2.05) is 0 Å². The smallest absolute Gasteiger partial charge is 0.179 e. The normalized spacial score (nSPS) is 34.7. The molecular formula is C10H18N2O. The third-order valence-corrected chi connectivity index (χ3v) is 2.78. The number of nitrogens with one attached hydrogen (secondary N) is 1. The number of likely N-dealkylation sites (tertiary alicyclic amines) is 1. The molecule has 0 radical (unpaired) electrons. The summed E-state index contributed by atoms with van der Waals surface area (Å²) in [6, 6.07) is 0. The molecule has 2 saturated heterocycles. The summed E-state index contributed by atoms with van der Waals surface area (Å²) >= 11 is 0. The van der Waals surface area contributed by atoms with E-state index >= 15 is 0 Å². The third-order valence-electron chi connectivity index (χ3n) is 2.78. The lowest BCUT2D eigenvalue weighted by atomic mass is 10.0. The number of rotatable bonds is 2. The van der Waals surface area contributed by atoms with Crippen LogP contribution in [0, 0.1) is 0 Å². The summed E-state index contributed by atoms with van der Waals surface area (Å²) in [5.41, 5.74) is 0.0847. The Labute approximate surface area is 79.7 Å². The summed E-state index contributed by atoms with van der Waals surface area (Å²) in [6.07, 6.45) is 2.69. The number of hydrogen-bond donors (Lipinski definition) is 1. The Balaban J connectivity index is 1.88. The minimum Gasteiger partial charge on any atom is -0.477 e. The van der Waals surface area contributed by atoms with Crippen LogP contribution in [0.3, 0.4) is 0 Å². The van der Waals surface area contributed by atoms with E-state index in [1.165, 1.54) is 25.9 Å². The molecule has 0 amide bonds. The molecule has 2 fully saturated rings. The molecule has 2 aliphatic rings. The van der Waals surface area contributed by atoms with E-state index in [4.69, 9.17) is 4.74 Å². The zero-order valence-corrected chi connectivity index (χ0v) is 8.31. The summed E-state index contributed by atoms with van der Waals surface area (Å²) in [6.45, 7) is 10.3. The van der Waals surface area contributed by atoms with Gasteiger partial charge in [-0.15, -0.1) is 0 Å². The van der Waals surface area contributed by atoms with Gasteiger partial charge in [-0.1, -0.05) is 0 Å². The average Bonchev–Trinajstić information content (AvgIpc) is 2.62. The van der Waals surface area contributed by atoms with Crippen molar-refractivity contribution >= 4 is 0 Å². The largest absolute Gasteiger partial charge is 0.477 e. The quantitative estimate of drug-likeness (QED) is 0.687. The fraction of sp³-hybridized carbons (Fsp3) is 0.800. The lowest BCUT2D eigenvalue weighted by Crippen LogP contribution is -2.48. The van der Waals surface area contributed by atoms with E-state index in [1.54, 1.807) is 0 Å². The highest BCUT2D eigenvalue weighted by molar-refractivity contribution is 5.01. The topological polar surface area (TPSA) is 24.5 Å². The van der Waals surface area contributed by atoms with Crippen LogP contribution >= 0.6 is 0 Å². The highest BCUT2D eigenvalue weighted by Crippen LogP contribution is 2.19. The first-order chi connectivity index (χ1) is 6.18. The van der Waals surface area contributed by atoms with Gasteiger partial charge >= 0.3 is 0 Å². The van der Waals surface area contributed by atoms with Gasteiger partial charge in [0.15, 0.2) is 5.88 Å². The average molecular weight is 182 g/mol. The van der Waals surface area contributed by atoms with Crippen molar-refractivity contribution in [1.82, 2.24) is 10.2 Å². The van der Waals surface area contributed by atoms with E-state index in [2.05, 4.69) is 23.7 Å². The van der Waals surface area contributed by atoms with E-state index in [0.717, 1.165) is 19.0 Å². The Hall–Kier alpha value is -0.700. The second-order valence-corrected chi connectivity index (χ2v) is 4.38. The Morgan fingerprint density at radius 3 is 2.77 bits per heavy atom. The molecule has 74 valence electrons. The van der Waals surface area contributed by atoms with E-state index in [0.29, 0.717) is 0 Å². The highest BCUT2D eigenvalue weighted by atomic mass is 16.5. The second kappa shape index (κ2) is 3.22. The summed E-state index contributed by atoms with van der Waals surface area (Å²) in [4.78, 5) is 2.50. The fourth-order valence-corrected chi connectivity index (χ4v) is 2.17. The predicted molar refractivity (Wildman–Crippen MR) is 52.3 cm³/mol. The zero-order valence-electron chi connectivity index (χ0n) is 8.31. The lowest BCUT2D eigenvalue weighted by molar-refractivity contribution is 0.192. The van der Waals surface area contributed by atoms with Gasteiger partial charge in [-0.3, -0.25) is 0 Å². The first-order valence-corrected chi connectivity index (χ1v) is 5.00. The molecular weight excluding hydrogens is 164 g/mol. The van der Waals surface area contributed by atoms with Crippen molar-refractivity contribution < 1.29 is 4.74 Å². The lowest BCUT2D eigenvalue weighted by Gasteiger charge is -2.27. The van der Waals surface area contributed by atoms with Crippen molar-refractivity contribution in [2.24, 2.45) is 0 Å². The van der Waals surface area contributed by atoms with Crippen LogP contribution < -0.4 is 5.32 Å². The maximum absolute atomic E-state index is 5.35. The van der Waals surface area contributed by atoms with Crippen molar-refractivity contribution in [2.45, 2.75) is 25.3 Å². The first-order valence-electron chi connectivity index (χ1n) is 5.00. The Kier molecular flexibility index (Phi) is 2.20. The van der Waals surface area contributed by atoms with Crippen LogP contribution in [0.5, 0.6) is 0 Å². The van der Waals surface area contributed by atoms with Crippen LogP contribution in [0.25, 0.3) is 0 Å². The molecule has 3 nitrogen and oxygen atoms in total. The molecule has 0 saturated carbocycles. The maximum Gasteiger partial charge on any atom is 0.179 e. The molecule has 2 heterocycles. The number of hydrogen-bond acceptors (Lipinski definition) is 3. The molecule has 0 aromatic carbocycles. The molecule has 1 atom stereocenters. The Bertz CT molecular complexity index is 211. The molecule has 2 aliphatic heterocycles. The van der Waals surface area contributed by atoms with Crippen molar-refractivity contribution in [3.8, 4) is 0 Å². The van der Waals surface area contributed by atoms with Gasteiger partial charge in [-0.05, 0) is 39.4 Å². The second-order valence-electron chi connectivity index (χ2n) is 4.38. The van der Waals surface area contributed by atoms with Crippen LogP contribution in [0.15, 0.2) is 12.5 Å². The molecule has 2 rings (SSSR count). The first kappa shape index (κ1) is 8.88. The van der Waals surface area contributed by atoms with Crippen molar-refractivity contribution in [3.63, 3.8) is 0 Å². The molecule has 0 bridgehead atoms. The van der Waals surface area contributed by atoms with Gasteiger partial charge in [0.1, 0.15) is 6.61 Å². The van der Waals surface area contributed by atoms with Crippen LogP contribution in [-0.4, -0.2) is 36.7 Å². The SMILES string of the molecule is C=C1NC(C)(CN2CCCC2)CO1. The van der Waals surface area contributed by atoms with Crippen LogP contribution in [-0.2, 0) is 4.74 Å². The summed E-state index contributed by atoms with van der Waals surface area (Å²) in [5, 5.41) is 3.30. The number of ether oxygens (including phenoxy) is 1. The van der Waals surface area contributed by atoms with Crippen molar-refractivity contribution in [1.29, 1.82) is 0 Å². The third kappa shape index (κ3) is 1.97. The van der Waals surface area contributed by atoms with E-state index in [-0.39, 0.29) is 5.54 Å². The monoisotopic (exact) mass is 182 g/mol. The highest BCUT2D eigenvalue weighted by Gasteiger charge is 2.34. The zero-order chi connectivity index (χ0) is 9.31. The van der Waals surface area contributed by atoms with Gasteiger partial charge in [0, 0.05) is 6.54 Å². The van der Waals surface area contributed by atoms with Crippen molar-refractivity contribution in [2.75, 3.05) is 26.2 Å². The van der Waals surface area contributed by atoms with Crippen LogP contribution in [0.2, 0.25) is 0 Å². The molecule has 1 unspecified atom stereocenters. The molecule has 1 N–H and O–H groups in total.